The minimum Gasteiger partial charge on any atom is -0.490 e. The number of hydrogen-bond donors (Lipinski definition) is 2. The molecule has 0 unspecified atom stereocenters. The molecule has 0 aliphatic heterocycles. The van der Waals surface area contributed by atoms with Crippen molar-refractivity contribution < 1.29 is 9.47 Å². The molecule has 0 aromatic heterocycles. The van der Waals surface area contributed by atoms with Crippen molar-refractivity contribution in [2.45, 2.75) is 46.2 Å². The van der Waals surface area contributed by atoms with Gasteiger partial charge in [0.05, 0.1) is 18.0 Å². The Balaban J connectivity index is 1.95. The van der Waals surface area contributed by atoms with Crippen LogP contribution in [0.25, 0.3) is 0 Å². The first-order valence-electron chi connectivity index (χ1n) is 9.19. The molecule has 2 aromatic carbocycles. The van der Waals surface area contributed by atoms with E-state index in [1.807, 2.05) is 24.3 Å². The molecular formula is C21H31N3O2. The number of rotatable bonds is 9. The number of benzene rings is 2. The molecule has 5 nitrogen and oxygen atoms in total. The summed E-state index contributed by atoms with van der Waals surface area (Å²) < 4.78 is 11.9. The van der Waals surface area contributed by atoms with Crippen LogP contribution in [-0.4, -0.2) is 30.1 Å². The fourth-order valence-corrected chi connectivity index (χ4v) is 2.94. The molecular weight excluding hydrogens is 326 g/mol. The van der Waals surface area contributed by atoms with Gasteiger partial charge in [-0.2, -0.15) is 0 Å². The zero-order valence-corrected chi connectivity index (χ0v) is 16.2. The van der Waals surface area contributed by atoms with Gasteiger partial charge < -0.3 is 20.9 Å². The molecule has 0 saturated heterocycles. The highest BCUT2D eigenvalue weighted by atomic mass is 16.5. The number of anilines is 2. The van der Waals surface area contributed by atoms with E-state index < -0.39 is 0 Å². The second-order valence-corrected chi connectivity index (χ2v) is 6.97. The maximum Gasteiger partial charge on any atom is 0.169 e. The van der Waals surface area contributed by atoms with Gasteiger partial charge in [0.1, 0.15) is 5.75 Å². The van der Waals surface area contributed by atoms with Crippen LogP contribution in [0.5, 0.6) is 17.2 Å². The van der Waals surface area contributed by atoms with Gasteiger partial charge in [0, 0.05) is 24.7 Å². The van der Waals surface area contributed by atoms with E-state index in [0.717, 1.165) is 18.7 Å². The summed E-state index contributed by atoms with van der Waals surface area (Å²) in [7, 11) is 0. The van der Waals surface area contributed by atoms with Crippen molar-refractivity contribution in [2.75, 3.05) is 24.6 Å². The van der Waals surface area contributed by atoms with E-state index >= 15 is 0 Å². The molecule has 142 valence electrons. The van der Waals surface area contributed by atoms with E-state index in [0.29, 0.717) is 41.6 Å². The number of ether oxygens (including phenoxy) is 2. The fraction of sp³-hybridized carbons (Fsp3) is 0.429. The lowest BCUT2D eigenvalue weighted by atomic mass is 10.2. The average Bonchev–Trinajstić information content (AvgIpc) is 2.58. The van der Waals surface area contributed by atoms with Gasteiger partial charge in [-0.25, -0.2) is 0 Å². The van der Waals surface area contributed by atoms with Crippen LogP contribution >= 0.6 is 0 Å². The van der Waals surface area contributed by atoms with Crippen LogP contribution in [0, 0.1) is 0 Å². The predicted molar refractivity (Wildman–Crippen MR) is 109 cm³/mol. The predicted octanol–water partition coefficient (Wildman–Crippen LogP) is 4.53. The molecule has 0 aliphatic rings. The normalized spacial score (nSPS) is 11.3. The zero-order chi connectivity index (χ0) is 19.1. The summed E-state index contributed by atoms with van der Waals surface area (Å²) in [6.07, 6.45) is 0.958. The van der Waals surface area contributed by atoms with Gasteiger partial charge in [0.2, 0.25) is 0 Å². The Morgan fingerprint density at radius 3 is 2.15 bits per heavy atom. The number of hydrogen-bond acceptors (Lipinski definition) is 5. The molecule has 0 bridgehead atoms. The molecule has 0 amide bonds. The third kappa shape index (κ3) is 5.56. The Hall–Kier alpha value is -2.40. The van der Waals surface area contributed by atoms with Gasteiger partial charge in [-0.3, -0.25) is 4.90 Å². The van der Waals surface area contributed by atoms with Crippen LogP contribution in [0.15, 0.2) is 42.5 Å². The van der Waals surface area contributed by atoms with Crippen LogP contribution in [0.2, 0.25) is 0 Å². The van der Waals surface area contributed by atoms with E-state index in [4.69, 9.17) is 20.9 Å². The lowest BCUT2D eigenvalue weighted by Gasteiger charge is -2.30. The Kier molecular flexibility index (Phi) is 7.16. The van der Waals surface area contributed by atoms with E-state index in [2.05, 4.69) is 32.6 Å². The lowest BCUT2D eigenvalue weighted by molar-refractivity contribution is 0.159. The minimum absolute atomic E-state index is 0.503. The molecule has 0 saturated carbocycles. The lowest BCUT2D eigenvalue weighted by Crippen LogP contribution is -2.38. The molecule has 5 heteroatoms. The Morgan fingerprint density at radius 1 is 0.885 bits per heavy atom. The Labute approximate surface area is 156 Å². The first-order valence-corrected chi connectivity index (χ1v) is 9.19. The molecule has 26 heavy (non-hydrogen) atoms. The maximum atomic E-state index is 5.97. The average molecular weight is 357 g/mol. The summed E-state index contributed by atoms with van der Waals surface area (Å²) >= 11 is 0. The van der Waals surface area contributed by atoms with Crippen molar-refractivity contribution in [2.24, 2.45) is 0 Å². The van der Waals surface area contributed by atoms with Crippen molar-refractivity contribution in [3.63, 3.8) is 0 Å². The van der Waals surface area contributed by atoms with Crippen molar-refractivity contribution in [1.82, 2.24) is 4.90 Å². The molecule has 2 aromatic rings. The van der Waals surface area contributed by atoms with Crippen LogP contribution in [0.4, 0.5) is 11.4 Å². The molecule has 2 rings (SSSR count). The summed E-state index contributed by atoms with van der Waals surface area (Å²) in [5.74, 6) is 2.03. The quantitative estimate of drug-likeness (QED) is 0.509. The van der Waals surface area contributed by atoms with E-state index in [9.17, 15) is 0 Å². The van der Waals surface area contributed by atoms with Crippen LogP contribution in [0.1, 0.15) is 34.1 Å². The molecule has 0 aliphatic carbocycles. The maximum absolute atomic E-state index is 5.97. The number of para-hydroxylation sites is 2. The summed E-state index contributed by atoms with van der Waals surface area (Å²) in [6, 6.07) is 14.0. The first kappa shape index (κ1) is 19.9. The first-order chi connectivity index (χ1) is 12.4. The summed E-state index contributed by atoms with van der Waals surface area (Å²) in [5.41, 5.74) is 12.6. The molecule has 0 heterocycles. The minimum atomic E-state index is 0.503. The molecule has 0 atom stereocenters. The van der Waals surface area contributed by atoms with Crippen molar-refractivity contribution in [3.8, 4) is 17.2 Å². The van der Waals surface area contributed by atoms with Gasteiger partial charge >= 0.3 is 0 Å². The van der Waals surface area contributed by atoms with E-state index in [1.54, 1.807) is 18.2 Å². The third-order valence-electron chi connectivity index (χ3n) is 4.28. The van der Waals surface area contributed by atoms with E-state index in [-0.39, 0.29) is 0 Å². The van der Waals surface area contributed by atoms with Gasteiger partial charge in [-0.15, -0.1) is 0 Å². The number of nitrogens with zero attached hydrogens (tertiary/aromatic N) is 1. The summed E-state index contributed by atoms with van der Waals surface area (Å²) in [6.45, 7) is 10.5. The van der Waals surface area contributed by atoms with Gasteiger partial charge in [0.25, 0.3) is 0 Å². The van der Waals surface area contributed by atoms with Gasteiger partial charge in [-0.1, -0.05) is 12.1 Å². The largest absolute Gasteiger partial charge is 0.490 e. The number of nitrogens with two attached hydrogens (primary N) is 2. The van der Waals surface area contributed by atoms with Crippen LogP contribution < -0.4 is 20.9 Å². The van der Waals surface area contributed by atoms with Crippen molar-refractivity contribution in [1.29, 1.82) is 0 Å². The number of nitrogen functional groups attached to an aromatic ring is 2. The smallest absolute Gasteiger partial charge is 0.169 e. The third-order valence-corrected chi connectivity index (χ3v) is 4.28. The SMILES string of the molecule is CC(C)N(CCCOc1ccccc1Oc1ccc(N)c(N)c1)C(C)C. The van der Waals surface area contributed by atoms with Crippen molar-refractivity contribution >= 4 is 11.4 Å². The second kappa shape index (κ2) is 9.34. The van der Waals surface area contributed by atoms with E-state index in [1.165, 1.54) is 0 Å². The highest BCUT2D eigenvalue weighted by Crippen LogP contribution is 2.33. The topological polar surface area (TPSA) is 73.7 Å². The highest BCUT2D eigenvalue weighted by molar-refractivity contribution is 5.65. The molecule has 0 fully saturated rings. The fourth-order valence-electron chi connectivity index (χ4n) is 2.94. The van der Waals surface area contributed by atoms with Crippen LogP contribution in [-0.2, 0) is 0 Å². The van der Waals surface area contributed by atoms with Crippen LogP contribution in [0.3, 0.4) is 0 Å². The second-order valence-electron chi connectivity index (χ2n) is 6.97. The monoisotopic (exact) mass is 357 g/mol. The molecule has 0 radical (unpaired) electrons. The summed E-state index contributed by atoms with van der Waals surface area (Å²) in [5, 5.41) is 0. The molecule has 4 N–H and O–H groups in total. The van der Waals surface area contributed by atoms with Gasteiger partial charge in [-0.05, 0) is 58.4 Å². The Bertz CT molecular complexity index is 693. The molecule has 0 spiro atoms. The summed E-state index contributed by atoms with van der Waals surface area (Å²) in [4.78, 5) is 2.46. The standard InChI is InChI=1S/C21H31N3O2/c1-15(2)24(16(3)4)12-7-13-25-20-8-5-6-9-21(20)26-17-10-11-18(22)19(23)14-17/h5-6,8-11,14-16H,7,12-13,22-23H2,1-4H3. The highest BCUT2D eigenvalue weighted by Gasteiger charge is 2.13. The van der Waals surface area contributed by atoms with Gasteiger partial charge in [0.15, 0.2) is 11.5 Å². The Morgan fingerprint density at radius 2 is 1.54 bits per heavy atom. The zero-order valence-electron chi connectivity index (χ0n) is 16.2. The van der Waals surface area contributed by atoms with Crippen molar-refractivity contribution in [3.05, 3.63) is 42.5 Å².